The Hall–Kier alpha value is -4.03. The van der Waals surface area contributed by atoms with E-state index in [-0.39, 0.29) is 18.3 Å². The van der Waals surface area contributed by atoms with E-state index >= 15 is 0 Å². The van der Waals surface area contributed by atoms with Crippen LogP contribution in [0.5, 0.6) is 5.75 Å². The number of amides is 1. The quantitative estimate of drug-likeness (QED) is 0.307. The van der Waals surface area contributed by atoms with Crippen molar-refractivity contribution in [3.63, 3.8) is 0 Å². The summed E-state index contributed by atoms with van der Waals surface area (Å²) in [5.74, 6) is 0.0390. The number of para-hydroxylation sites is 1. The number of anilines is 1. The topological polar surface area (TPSA) is 51.2 Å². The Morgan fingerprint density at radius 1 is 0.879 bits per heavy atom. The molecule has 1 amide bonds. The summed E-state index contributed by atoms with van der Waals surface area (Å²) < 4.78 is 19.8. The fourth-order valence-corrected chi connectivity index (χ4v) is 4.41. The Labute approximate surface area is 194 Å². The van der Waals surface area contributed by atoms with Crippen molar-refractivity contribution >= 4 is 33.7 Å². The van der Waals surface area contributed by atoms with Crippen LogP contribution in [-0.4, -0.2) is 17.5 Å². The van der Waals surface area contributed by atoms with Crippen LogP contribution in [0, 0.1) is 5.82 Å². The van der Waals surface area contributed by atoms with Crippen LogP contribution in [0.4, 0.5) is 10.1 Å². The van der Waals surface area contributed by atoms with Crippen LogP contribution in [0.3, 0.4) is 0 Å². The average Bonchev–Trinajstić information content (AvgIpc) is 3.33. The van der Waals surface area contributed by atoms with E-state index in [4.69, 9.17) is 4.74 Å². The Morgan fingerprint density at radius 3 is 2.45 bits per heavy atom. The second kappa shape index (κ2) is 9.22. The Bertz CT molecular complexity index is 1450. The number of ether oxygens (including phenoxy) is 1. The summed E-state index contributed by atoms with van der Waals surface area (Å²) in [4.78, 5) is 17.2. The maximum atomic E-state index is 14.1. The fraction of sp³-hybridized carbons (Fsp3) is 0.0370. The average molecular weight is 455 g/mol. The van der Waals surface area contributed by atoms with Crippen molar-refractivity contribution in [3.05, 3.63) is 102 Å². The lowest BCUT2D eigenvalue weighted by Gasteiger charge is -2.11. The molecule has 0 spiro atoms. The van der Waals surface area contributed by atoms with Crippen molar-refractivity contribution in [1.82, 2.24) is 4.98 Å². The lowest BCUT2D eigenvalue weighted by Crippen LogP contribution is -2.20. The minimum Gasteiger partial charge on any atom is -0.484 e. The zero-order valence-corrected chi connectivity index (χ0v) is 18.3. The number of hydrogen-bond acceptors (Lipinski definition) is 4. The molecular formula is C27H19FN2O2S. The predicted molar refractivity (Wildman–Crippen MR) is 131 cm³/mol. The van der Waals surface area contributed by atoms with Crippen LogP contribution in [0.15, 0.2) is 96.4 Å². The SMILES string of the molecule is O=C(COc1ccc2ccccc2c1)Nc1ccccc1-c1csc(-c2ccccc2F)n1. The molecule has 0 aliphatic rings. The summed E-state index contributed by atoms with van der Waals surface area (Å²) in [6.07, 6.45) is 0. The van der Waals surface area contributed by atoms with Crippen molar-refractivity contribution in [3.8, 4) is 27.6 Å². The summed E-state index contributed by atoms with van der Waals surface area (Å²) in [6.45, 7) is -0.121. The number of halogens is 1. The van der Waals surface area contributed by atoms with Gasteiger partial charge in [0.1, 0.15) is 16.6 Å². The first-order valence-electron chi connectivity index (χ1n) is 10.4. The van der Waals surface area contributed by atoms with E-state index in [1.165, 1.54) is 17.4 Å². The molecule has 0 bridgehead atoms. The molecule has 6 heteroatoms. The van der Waals surface area contributed by atoms with Gasteiger partial charge in [-0.1, -0.05) is 60.7 Å². The normalized spacial score (nSPS) is 10.8. The molecule has 33 heavy (non-hydrogen) atoms. The van der Waals surface area contributed by atoms with Crippen LogP contribution in [-0.2, 0) is 4.79 Å². The van der Waals surface area contributed by atoms with Crippen LogP contribution < -0.4 is 10.1 Å². The number of carbonyl (C=O) groups excluding carboxylic acids is 1. The first kappa shape index (κ1) is 20.8. The molecule has 0 unspecified atom stereocenters. The van der Waals surface area contributed by atoms with Crippen LogP contribution in [0.2, 0.25) is 0 Å². The van der Waals surface area contributed by atoms with Crippen LogP contribution >= 0.6 is 11.3 Å². The van der Waals surface area contributed by atoms with Crippen molar-refractivity contribution in [2.45, 2.75) is 0 Å². The third kappa shape index (κ3) is 4.61. The minimum absolute atomic E-state index is 0.121. The van der Waals surface area contributed by atoms with Gasteiger partial charge in [0.15, 0.2) is 6.61 Å². The highest BCUT2D eigenvalue weighted by Gasteiger charge is 2.14. The summed E-state index contributed by atoms with van der Waals surface area (Å²) in [5, 5.41) is 7.51. The van der Waals surface area contributed by atoms with Crippen molar-refractivity contribution < 1.29 is 13.9 Å². The smallest absolute Gasteiger partial charge is 0.262 e. The van der Waals surface area contributed by atoms with Crippen molar-refractivity contribution in [2.75, 3.05) is 11.9 Å². The van der Waals surface area contributed by atoms with Gasteiger partial charge in [-0.25, -0.2) is 9.37 Å². The van der Waals surface area contributed by atoms with E-state index in [0.29, 0.717) is 27.7 Å². The van der Waals surface area contributed by atoms with Crippen LogP contribution in [0.25, 0.3) is 32.6 Å². The number of aromatic nitrogens is 1. The first-order valence-corrected chi connectivity index (χ1v) is 11.3. The van der Waals surface area contributed by atoms with E-state index in [1.807, 2.05) is 72.1 Å². The number of benzene rings is 4. The Balaban J connectivity index is 1.31. The zero-order valence-electron chi connectivity index (χ0n) is 17.5. The summed E-state index contributed by atoms with van der Waals surface area (Å²) in [6, 6.07) is 27.7. The van der Waals surface area contributed by atoms with E-state index in [9.17, 15) is 9.18 Å². The number of carbonyl (C=O) groups is 1. The largest absolute Gasteiger partial charge is 0.484 e. The number of nitrogens with one attached hydrogen (secondary N) is 1. The molecule has 4 nitrogen and oxygen atoms in total. The van der Waals surface area contributed by atoms with Gasteiger partial charge < -0.3 is 10.1 Å². The fourth-order valence-electron chi connectivity index (χ4n) is 3.56. The second-order valence-corrected chi connectivity index (χ2v) is 8.27. The maximum Gasteiger partial charge on any atom is 0.262 e. The zero-order chi connectivity index (χ0) is 22.6. The third-order valence-corrected chi connectivity index (χ3v) is 6.05. The highest BCUT2D eigenvalue weighted by molar-refractivity contribution is 7.13. The van der Waals surface area contributed by atoms with Gasteiger partial charge in [-0.3, -0.25) is 4.79 Å². The number of thiazole rings is 1. The molecule has 0 atom stereocenters. The molecule has 0 aliphatic heterocycles. The number of fused-ring (bicyclic) bond motifs is 1. The molecule has 0 saturated heterocycles. The van der Waals surface area contributed by atoms with Gasteiger partial charge in [0.05, 0.1) is 11.4 Å². The van der Waals surface area contributed by atoms with E-state index in [0.717, 1.165) is 16.3 Å². The molecule has 0 aliphatic carbocycles. The Kier molecular flexibility index (Phi) is 5.83. The van der Waals surface area contributed by atoms with E-state index in [2.05, 4.69) is 10.3 Å². The number of nitrogens with zero attached hydrogens (tertiary/aromatic N) is 1. The molecule has 0 fully saturated rings. The molecule has 0 radical (unpaired) electrons. The molecule has 1 aromatic heterocycles. The van der Waals surface area contributed by atoms with Crippen molar-refractivity contribution in [2.24, 2.45) is 0 Å². The number of hydrogen-bond donors (Lipinski definition) is 1. The van der Waals surface area contributed by atoms with Gasteiger partial charge in [-0.05, 0) is 41.1 Å². The predicted octanol–water partition coefficient (Wildman–Crippen LogP) is 6.79. The minimum atomic E-state index is -0.314. The van der Waals surface area contributed by atoms with Crippen LogP contribution in [0.1, 0.15) is 0 Å². The molecule has 1 N–H and O–H groups in total. The monoisotopic (exact) mass is 454 g/mol. The van der Waals surface area contributed by atoms with Gasteiger partial charge in [0.25, 0.3) is 5.91 Å². The van der Waals surface area contributed by atoms with Gasteiger partial charge in [0, 0.05) is 16.5 Å². The molecule has 1 heterocycles. The van der Waals surface area contributed by atoms with Gasteiger partial charge in [-0.15, -0.1) is 11.3 Å². The molecule has 0 saturated carbocycles. The van der Waals surface area contributed by atoms with E-state index < -0.39 is 0 Å². The lowest BCUT2D eigenvalue weighted by atomic mass is 10.1. The summed E-state index contributed by atoms with van der Waals surface area (Å²) in [5.41, 5.74) is 2.51. The Morgan fingerprint density at radius 2 is 1.61 bits per heavy atom. The summed E-state index contributed by atoms with van der Waals surface area (Å²) in [7, 11) is 0. The molecule has 5 aromatic rings. The van der Waals surface area contributed by atoms with Crippen molar-refractivity contribution in [1.29, 1.82) is 0 Å². The maximum absolute atomic E-state index is 14.1. The highest BCUT2D eigenvalue weighted by atomic mass is 32.1. The van der Waals surface area contributed by atoms with Gasteiger partial charge in [-0.2, -0.15) is 0 Å². The first-order chi connectivity index (χ1) is 16.2. The highest BCUT2D eigenvalue weighted by Crippen LogP contribution is 2.33. The van der Waals surface area contributed by atoms with Gasteiger partial charge >= 0.3 is 0 Å². The molecular weight excluding hydrogens is 435 g/mol. The molecule has 162 valence electrons. The van der Waals surface area contributed by atoms with Gasteiger partial charge in [0.2, 0.25) is 0 Å². The van der Waals surface area contributed by atoms with E-state index in [1.54, 1.807) is 18.2 Å². The number of rotatable bonds is 6. The summed E-state index contributed by atoms with van der Waals surface area (Å²) >= 11 is 1.36. The molecule has 4 aromatic carbocycles. The third-order valence-electron chi connectivity index (χ3n) is 5.18. The lowest BCUT2D eigenvalue weighted by molar-refractivity contribution is -0.118. The molecule has 5 rings (SSSR count). The second-order valence-electron chi connectivity index (χ2n) is 7.41. The standard InChI is InChI=1S/C27H19FN2O2S/c28-23-11-5-3-9-21(23)27-30-25(17-33-27)22-10-4-6-12-24(22)29-26(31)16-32-20-14-13-18-7-1-2-8-19(18)15-20/h1-15,17H,16H2,(H,29,31).